The molecule has 2 aliphatic rings. The van der Waals surface area contributed by atoms with Gasteiger partial charge in [0.2, 0.25) is 0 Å². The minimum atomic E-state index is -0.110. The van der Waals surface area contributed by atoms with E-state index in [9.17, 15) is 4.79 Å². The second kappa shape index (κ2) is 4.77. The number of hydrogen-bond acceptors (Lipinski definition) is 3. The maximum Gasteiger partial charge on any atom is 0.250 e. The van der Waals surface area contributed by atoms with Crippen LogP contribution in [0.15, 0.2) is 12.2 Å². The van der Waals surface area contributed by atoms with Crippen LogP contribution in [0, 0.1) is 5.92 Å². The Labute approximate surface area is 89.8 Å². The molecule has 0 heterocycles. The first kappa shape index (κ1) is 10.6. The molecule has 0 aliphatic heterocycles. The van der Waals surface area contributed by atoms with Crippen LogP contribution in [-0.2, 0) is 9.63 Å². The highest BCUT2D eigenvalue weighted by atomic mass is 16.7. The number of carbonyl (C=O) groups excluding carboxylic acids is 1. The molecule has 4 nitrogen and oxygen atoms in total. The van der Waals surface area contributed by atoms with Crippen molar-refractivity contribution < 1.29 is 9.63 Å². The van der Waals surface area contributed by atoms with Gasteiger partial charge in [-0.1, -0.05) is 25.0 Å². The SMILES string of the molecule is NC1C=CC(C(=O)NOC2CCCC2)C1. The second-order valence-corrected chi connectivity index (χ2v) is 4.38. The summed E-state index contributed by atoms with van der Waals surface area (Å²) in [5.41, 5.74) is 8.21. The van der Waals surface area contributed by atoms with Gasteiger partial charge in [-0.3, -0.25) is 9.63 Å². The highest BCUT2D eigenvalue weighted by molar-refractivity contribution is 5.80. The smallest absolute Gasteiger partial charge is 0.250 e. The largest absolute Gasteiger partial charge is 0.324 e. The van der Waals surface area contributed by atoms with Gasteiger partial charge in [-0.25, -0.2) is 5.48 Å². The van der Waals surface area contributed by atoms with E-state index in [0.717, 1.165) is 12.8 Å². The van der Waals surface area contributed by atoms with Gasteiger partial charge in [0.05, 0.1) is 12.0 Å². The molecule has 15 heavy (non-hydrogen) atoms. The Morgan fingerprint density at radius 1 is 1.33 bits per heavy atom. The number of hydrogen-bond donors (Lipinski definition) is 2. The lowest BCUT2D eigenvalue weighted by molar-refractivity contribution is -0.140. The number of nitrogens with one attached hydrogen (secondary N) is 1. The van der Waals surface area contributed by atoms with E-state index in [1.54, 1.807) is 0 Å². The zero-order chi connectivity index (χ0) is 10.7. The van der Waals surface area contributed by atoms with E-state index in [-0.39, 0.29) is 24.0 Å². The van der Waals surface area contributed by atoms with Crippen molar-refractivity contribution in [2.24, 2.45) is 11.7 Å². The molecule has 1 fully saturated rings. The van der Waals surface area contributed by atoms with Crippen molar-refractivity contribution in [2.75, 3.05) is 0 Å². The van der Waals surface area contributed by atoms with Crippen LogP contribution < -0.4 is 11.2 Å². The zero-order valence-electron chi connectivity index (χ0n) is 8.82. The Morgan fingerprint density at radius 3 is 2.67 bits per heavy atom. The number of amides is 1. The molecule has 4 heteroatoms. The first-order valence-corrected chi connectivity index (χ1v) is 5.65. The molecule has 2 atom stereocenters. The van der Waals surface area contributed by atoms with Crippen LogP contribution in [-0.4, -0.2) is 18.1 Å². The van der Waals surface area contributed by atoms with E-state index in [2.05, 4.69) is 5.48 Å². The lowest BCUT2D eigenvalue weighted by Crippen LogP contribution is -2.33. The van der Waals surface area contributed by atoms with E-state index < -0.39 is 0 Å². The molecular weight excluding hydrogens is 192 g/mol. The van der Waals surface area contributed by atoms with Gasteiger partial charge >= 0.3 is 0 Å². The average molecular weight is 210 g/mol. The van der Waals surface area contributed by atoms with Gasteiger partial charge in [-0.15, -0.1) is 0 Å². The standard InChI is InChI=1S/C11H18N2O2/c12-9-6-5-8(7-9)11(14)13-15-10-3-1-2-4-10/h5-6,8-10H,1-4,7,12H2,(H,13,14). The maximum absolute atomic E-state index is 11.6. The van der Waals surface area contributed by atoms with Crippen molar-refractivity contribution in [1.29, 1.82) is 0 Å². The van der Waals surface area contributed by atoms with Gasteiger partial charge in [-0.05, 0) is 19.3 Å². The summed E-state index contributed by atoms with van der Waals surface area (Å²) >= 11 is 0. The Morgan fingerprint density at radius 2 is 2.07 bits per heavy atom. The number of carbonyl (C=O) groups is 1. The molecule has 2 unspecified atom stereocenters. The summed E-state index contributed by atoms with van der Waals surface area (Å²) < 4.78 is 0. The molecule has 0 bridgehead atoms. The number of nitrogens with two attached hydrogens (primary N) is 1. The van der Waals surface area contributed by atoms with Crippen LogP contribution >= 0.6 is 0 Å². The first-order valence-electron chi connectivity index (χ1n) is 5.65. The van der Waals surface area contributed by atoms with Crippen molar-refractivity contribution in [1.82, 2.24) is 5.48 Å². The molecular formula is C11H18N2O2. The molecule has 0 spiro atoms. The molecule has 3 N–H and O–H groups in total. The molecule has 2 aliphatic carbocycles. The third kappa shape index (κ3) is 2.79. The van der Waals surface area contributed by atoms with Crippen molar-refractivity contribution in [3.8, 4) is 0 Å². The summed E-state index contributed by atoms with van der Waals surface area (Å²) in [7, 11) is 0. The van der Waals surface area contributed by atoms with Gasteiger partial charge in [0.1, 0.15) is 0 Å². The minimum Gasteiger partial charge on any atom is -0.324 e. The van der Waals surface area contributed by atoms with E-state index >= 15 is 0 Å². The van der Waals surface area contributed by atoms with Crippen LogP contribution in [0.25, 0.3) is 0 Å². The Kier molecular flexibility index (Phi) is 3.38. The quantitative estimate of drug-likeness (QED) is 0.537. The van der Waals surface area contributed by atoms with E-state index in [1.165, 1.54) is 12.8 Å². The van der Waals surface area contributed by atoms with Crippen molar-refractivity contribution in [3.63, 3.8) is 0 Å². The van der Waals surface area contributed by atoms with Gasteiger partial charge in [0.15, 0.2) is 0 Å². The monoisotopic (exact) mass is 210 g/mol. The van der Waals surface area contributed by atoms with Gasteiger partial charge in [0, 0.05) is 6.04 Å². The average Bonchev–Trinajstić information content (AvgIpc) is 2.84. The molecule has 2 rings (SSSR count). The fraction of sp³-hybridized carbons (Fsp3) is 0.727. The van der Waals surface area contributed by atoms with Gasteiger partial charge in [-0.2, -0.15) is 0 Å². The normalized spacial score (nSPS) is 31.0. The summed E-state index contributed by atoms with van der Waals surface area (Å²) in [4.78, 5) is 16.9. The summed E-state index contributed by atoms with van der Waals surface area (Å²) in [6.07, 6.45) is 9.16. The molecule has 1 saturated carbocycles. The Balaban J connectivity index is 1.70. The lowest BCUT2D eigenvalue weighted by Gasteiger charge is -2.14. The Hall–Kier alpha value is -0.870. The highest BCUT2D eigenvalue weighted by Gasteiger charge is 2.24. The fourth-order valence-electron chi connectivity index (χ4n) is 2.14. The lowest BCUT2D eigenvalue weighted by atomic mass is 10.1. The summed E-state index contributed by atoms with van der Waals surface area (Å²) in [6, 6.07) is 0.0206. The molecule has 1 amide bonds. The Bertz CT molecular complexity index is 259. The van der Waals surface area contributed by atoms with Crippen molar-refractivity contribution in [3.05, 3.63) is 12.2 Å². The van der Waals surface area contributed by atoms with Gasteiger partial charge < -0.3 is 5.73 Å². The van der Waals surface area contributed by atoms with Crippen LogP contribution in [0.3, 0.4) is 0 Å². The maximum atomic E-state index is 11.6. The van der Waals surface area contributed by atoms with Crippen LogP contribution in [0.1, 0.15) is 32.1 Å². The summed E-state index contributed by atoms with van der Waals surface area (Å²) in [5, 5.41) is 0. The predicted molar refractivity (Wildman–Crippen MR) is 56.7 cm³/mol. The molecule has 0 aromatic heterocycles. The topological polar surface area (TPSA) is 64.4 Å². The highest BCUT2D eigenvalue weighted by Crippen LogP contribution is 2.21. The predicted octanol–water partition coefficient (Wildman–Crippen LogP) is 0.880. The molecule has 0 aromatic carbocycles. The molecule has 0 saturated heterocycles. The van der Waals surface area contributed by atoms with Crippen molar-refractivity contribution in [2.45, 2.75) is 44.2 Å². The van der Waals surface area contributed by atoms with Crippen LogP contribution in [0.2, 0.25) is 0 Å². The summed E-state index contributed by atoms with van der Waals surface area (Å²) in [5.74, 6) is -0.174. The van der Waals surface area contributed by atoms with E-state index in [1.807, 2.05) is 12.2 Å². The van der Waals surface area contributed by atoms with Crippen molar-refractivity contribution >= 4 is 5.91 Å². The third-order valence-electron chi connectivity index (χ3n) is 3.08. The van der Waals surface area contributed by atoms with Crippen LogP contribution in [0.4, 0.5) is 0 Å². The van der Waals surface area contributed by atoms with E-state index in [0.29, 0.717) is 6.42 Å². The third-order valence-corrected chi connectivity index (χ3v) is 3.08. The zero-order valence-corrected chi connectivity index (χ0v) is 8.82. The molecule has 84 valence electrons. The fourth-order valence-corrected chi connectivity index (χ4v) is 2.14. The van der Waals surface area contributed by atoms with Gasteiger partial charge in [0.25, 0.3) is 5.91 Å². The summed E-state index contributed by atoms with van der Waals surface area (Å²) in [6.45, 7) is 0. The number of rotatable bonds is 3. The minimum absolute atomic E-state index is 0.0206. The van der Waals surface area contributed by atoms with E-state index in [4.69, 9.17) is 10.6 Å². The molecule has 0 aromatic rings. The second-order valence-electron chi connectivity index (χ2n) is 4.38. The molecule has 0 radical (unpaired) electrons. The van der Waals surface area contributed by atoms with Crippen LogP contribution in [0.5, 0.6) is 0 Å². The first-order chi connectivity index (χ1) is 7.25. The number of hydroxylamine groups is 1.